The van der Waals surface area contributed by atoms with Crippen LogP contribution in [0.1, 0.15) is 54.4 Å². The molecule has 0 N–H and O–H groups in total. The fraction of sp³-hybridized carbons (Fsp3) is 0.433. The van der Waals surface area contributed by atoms with Crippen molar-refractivity contribution in [2.75, 3.05) is 31.1 Å². The zero-order valence-corrected chi connectivity index (χ0v) is 23.9. The number of nitrogens with zero attached hydrogens (tertiary/aromatic N) is 5. The molecule has 0 aliphatic carbocycles. The third kappa shape index (κ3) is 5.34. The molecule has 0 bridgehead atoms. The maximum absolute atomic E-state index is 14.5. The monoisotopic (exact) mass is 579 g/mol. The molecule has 38 heavy (non-hydrogen) atoms. The predicted molar refractivity (Wildman–Crippen MR) is 152 cm³/mol. The van der Waals surface area contributed by atoms with E-state index in [1.165, 1.54) is 6.33 Å². The summed E-state index contributed by atoms with van der Waals surface area (Å²) in [7, 11) is 0. The molecule has 200 valence electrons. The largest absolute Gasteiger partial charge is 0.338 e. The number of aromatic nitrogens is 2. The van der Waals surface area contributed by atoms with E-state index in [1.807, 2.05) is 43.0 Å². The van der Waals surface area contributed by atoms with Gasteiger partial charge in [0.2, 0.25) is 0 Å². The number of amides is 1. The van der Waals surface area contributed by atoms with E-state index in [0.29, 0.717) is 10.0 Å². The lowest BCUT2D eigenvalue weighted by Crippen LogP contribution is -2.58. The van der Waals surface area contributed by atoms with E-state index in [2.05, 4.69) is 54.8 Å². The first-order valence-electron chi connectivity index (χ1n) is 13.4. The van der Waals surface area contributed by atoms with Crippen molar-refractivity contribution in [3.63, 3.8) is 0 Å². The van der Waals surface area contributed by atoms with E-state index in [4.69, 9.17) is 0 Å². The van der Waals surface area contributed by atoms with Gasteiger partial charge in [0, 0.05) is 49.1 Å². The Bertz CT molecular complexity index is 1270. The quantitative estimate of drug-likeness (QED) is 0.355. The number of anilines is 2. The Morgan fingerprint density at radius 1 is 0.974 bits per heavy atom. The van der Waals surface area contributed by atoms with Gasteiger partial charge in [-0.1, -0.05) is 18.2 Å². The Labute approximate surface area is 233 Å². The molecule has 0 atom stereocenters. The first kappa shape index (κ1) is 26.8. The maximum atomic E-state index is 14.5. The molecule has 2 fully saturated rings. The number of rotatable bonds is 5. The minimum atomic E-state index is -0.248. The maximum Gasteiger partial charge on any atom is 0.257 e. The van der Waals surface area contributed by atoms with Gasteiger partial charge in [-0.2, -0.15) is 0 Å². The Hall–Kier alpha value is -2.84. The van der Waals surface area contributed by atoms with E-state index in [0.717, 1.165) is 74.6 Å². The summed E-state index contributed by atoms with van der Waals surface area (Å²) >= 11 is 3.29. The molecule has 0 spiro atoms. The van der Waals surface area contributed by atoms with Crippen LogP contribution in [0.2, 0.25) is 0 Å². The van der Waals surface area contributed by atoms with E-state index in [9.17, 15) is 9.18 Å². The average molecular weight is 581 g/mol. The number of hydrogen-bond acceptors (Lipinski definition) is 5. The van der Waals surface area contributed by atoms with Gasteiger partial charge in [-0.25, -0.2) is 14.4 Å². The summed E-state index contributed by atoms with van der Waals surface area (Å²) in [5.74, 6) is -0.205. The summed E-state index contributed by atoms with van der Waals surface area (Å²) in [5.41, 5.74) is 4.14. The molecule has 1 aromatic heterocycles. The van der Waals surface area contributed by atoms with Crippen LogP contribution in [0.5, 0.6) is 0 Å². The van der Waals surface area contributed by atoms with Crippen LogP contribution in [0.25, 0.3) is 0 Å². The number of aryl methyl sites for hydroxylation is 2. The molecular formula is C30H35BrFN5O. The smallest absolute Gasteiger partial charge is 0.257 e. The molecule has 2 aliphatic rings. The van der Waals surface area contributed by atoms with Crippen molar-refractivity contribution in [2.45, 2.75) is 58.0 Å². The third-order valence-electron chi connectivity index (χ3n) is 8.38. The van der Waals surface area contributed by atoms with Gasteiger partial charge in [-0.3, -0.25) is 9.69 Å². The van der Waals surface area contributed by atoms with Gasteiger partial charge in [0.05, 0.1) is 21.4 Å². The number of likely N-dealkylation sites (tertiary alicyclic amines) is 2. The van der Waals surface area contributed by atoms with Crippen molar-refractivity contribution in [1.82, 2.24) is 19.8 Å². The minimum Gasteiger partial charge on any atom is -0.338 e. The van der Waals surface area contributed by atoms with Crippen molar-refractivity contribution in [3.8, 4) is 0 Å². The van der Waals surface area contributed by atoms with Crippen molar-refractivity contribution in [2.24, 2.45) is 0 Å². The molecule has 2 saturated heterocycles. The van der Waals surface area contributed by atoms with Crippen LogP contribution in [-0.2, 0) is 0 Å². The summed E-state index contributed by atoms with van der Waals surface area (Å²) in [6.07, 6.45) is 5.38. The molecule has 8 heteroatoms. The molecule has 5 rings (SSSR count). The second kappa shape index (κ2) is 11.1. The van der Waals surface area contributed by atoms with E-state index in [-0.39, 0.29) is 23.3 Å². The number of carbonyl (C=O) groups excluding carboxylic acids is 1. The first-order chi connectivity index (χ1) is 18.3. The molecule has 2 aliphatic heterocycles. The van der Waals surface area contributed by atoms with Gasteiger partial charge in [0.15, 0.2) is 0 Å². The van der Waals surface area contributed by atoms with E-state index >= 15 is 0 Å². The average Bonchev–Trinajstić information content (AvgIpc) is 2.92. The Morgan fingerprint density at radius 2 is 1.61 bits per heavy atom. The molecule has 3 heterocycles. The van der Waals surface area contributed by atoms with Crippen LogP contribution in [0.3, 0.4) is 0 Å². The Kier molecular flexibility index (Phi) is 7.82. The zero-order chi connectivity index (χ0) is 26.9. The number of carbonyl (C=O) groups is 1. The highest BCUT2D eigenvalue weighted by Gasteiger charge is 2.40. The summed E-state index contributed by atoms with van der Waals surface area (Å²) < 4.78 is 15.0. The molecule has 2 aromatic carbocycles. The number of hydrogen-bond donors (Lipinski definition) is 0. The molecular weight excluding hydrogens is 545 g/mol. The number of halogens is 2. The van der Waals surface area contributed by atoms with Crippen LogP contribution in [-0.4, -0.2) is 63.4 Å². The second-order valence-corrected chi connectivity index (χ2v) is 11.6. The van der Waals surface area contributed by atoms with Crippen LogP contribution in [0, 0.1) is 19.7 Å². The van der Waals surface area contributed by atoms with Crippen LogP contribution in [0.4, 0.5) is 15.8 Å². The van der Waals surface area contributed by atoms with Gasteiger partial charge >= 0.3 is 0 Å². The topological polar surface area (TPSA) is 52.6 Å². The highest BCUT2D eigenvalue weighted by atomic mass is 79.9. The first-order valence-corrected chi connectivity index (χ1v) is 14.2. The minimum absolute atomic E-state index is 0.0431. The van der Waals surface area contributed by atoms with Crippen molar-refractivity contribution in [3.05, 3.63) is 82.1 Å². The lowest BCUT2D eigenvalue weighted by atomic mass is 9.85. The fourth-order valence-electron chi connectivity index (χ4n) is 6.03. The number of benzene rings is 2. The lowest BCUT2D eigenvalue weighted by molar-refractivity contribution is 0.0176. The molecule has 0 unspecified atom stereocenters. The van der Waals surface area contributed by atoms with Crippen molar-refractivity contribution in [1.29, 1.82) is 0 Å². The van der Waals surface area contributed by atoms with Crippen molar-refractivity contribution >= 4 is 33.2 Å². The molecule has 3 aromatic rings. The summed E-state index contributed by atoms with van der Waals surface area (Å²) in [4.78, 5) is 28.6. The van der Waals surface area contributed by atoms with E-state index < -0.39 is 0 Å². The second-order valence-electron chi connectivity index (χ2n) is 10.7. The number of piperidine rings is 2. The Morgan fingerprint density at radius 3 is 2.21 bits per heavy atom. The number of para-hydroxylation sites is 1. The zero-order valence-electron chi connectivity index (χ0n) is 22.3. The van der Waals surface area contributed by atoms with E-state index in [1.54, 1.807) is 12.1 Å². The summed E-state index contributed by atoms with van der Waals surface area (Å²) in [5, 5.41) is 0. The SMILES string of the molecule is Cc1ncnc(C)c1C(=O)N1CCC(C)(N2CCC(N(c3ccccc3)c3ccc(Br)c(F)c3)CC2)CC1. The van der Waals surface area contributed by atoms with Crippen molar-refractivity contribution < 1.29 is 9.18 Å². The summed E-state index contributed by atoms with van der Waals surface area (Å²) in [6, 6.07) is 16.0. The molecule has 0 radical (unpaired) electrons. The molecule has 1 amide bonds. The predicted octanol–water partition coefficient (Wildman–Crippen LogP) is 6.29. The normalized spacial score (nSPS) is 18.4. The lowest BCUT2D eigenvalue weighted by Gasteiger charge is -2.50. The highest BCUT2D eigenvalue weighted by Crippen LogP contribution is 2.37. The van der Waals surface area contributed by atoms with Gasteiger partial charge in [0.25, 0.3) is 5.91 Å². The van der Waals surface area contributed by atoms with Gasteiger partial charge in [-0.05, 0) is 92.7 Å². The van der Waals surface area contributed by atoms with Gasteiger partial charge < -0.3 is 9.80 Å². The van der Waals surface area contributed by atoms with Gasteiger partial charge in [-0.15, -0.1) is 0 Å². The fourth-order valence-corrected chi connectivity index (χ4v) is 6.27. The molecule has 6 nitrogen and oxygen atoms in total. The highest BCUT2D eigenvalue weighted by molar-refractivity contribution is 9.10. The third-order valence-corrected chi connectivity index (χ3v) is 9.02. The summed E-state index contributed by atoms with van der Waals surface area (Å²) in [6.45, 7) is 9.51. The van der Waals surface area contributed by atoms with Crippen LogP contribution in [0.15, 0.2) is 59.3 Å². The Balaban J connectivity index is 1.26. The molecule has 0 saturated carbocycles. The van der Waals surface area contributed by atoms with Crippen LogP contribution >= 0.6 is 15.9 Å². The van der Waals surface area contributed by atoms with Gasteiger partial charge in [0.1, 0.15) is 12.1 Å². The van der Waals surface area contributed by atoms with Crippen LogP contribution < -0.4 is 4.90 Å². The standard InChI is InChI=1S/C30H35BrFN5O/c1-21-28(22(2)34-20-33-21)29(38)35-17-13-30(3,14-18-35)36-15-11-24(12-16-36)37(23-7-5-4-6-8-23)25-9-10-26(31)27(32)19-25/h4-10,19-20,24H,11-18H2,1-3H3.